The molecule has 1 aromatic rings. The Labute approximate surface area is 138 Å². The second kappa shape index (κ2) is 8.93. The predicted octanol–water partition coefficient (Wildman–Crippen LogP) is 3.06. The zero-order valence-corrected chi connectivity index (χ0v) is 14.1. The molecule has 1 rings (SSSR count). The zero-order valence-electron chi connectivity index (χ0n) is 11.7. The lowest BCUT2D eigenvalue weighted by Crippen LogP contribution is -2.32. The first-order valence-electron chi connectivity index (χ1n) is 6.25. The maximum Gasteiger partial charge on any atom is 0.416 e. The minimum absolute atomic E-state index is 0. The molecule has 0 aliphatic rings. The van der Waals surface area contributed by atoms with Crippen LogP contribution in [0.15, 0.2) is 23.1 Å². The summed E-state index contributed by atoms with van der Waals surface area (Å²) < 4.78 is 64.0. The summed E-state index contributed by atoms with van der Waals surface area (Å²) >= 11 is 5.69. The highest BCUT2D eigenvalue weighted by Gasteiger charge is 2.32. The summed E-state index contributed by atoms with van der Waals surface area (Å²) in [7, 11) is -4.08. The summed E-state index contributed by atoms with van der Waals surface area (Å²) in [4.78, 5) is -0.575. The van der Waals surface area contributed by atoms with Gasteiger partial charge in [-0.3, -0.25) is 0 Å². The number of halogens is 5. The Hall–Kier alpha value is -0.540. The first-order chi connectivity index (χ1) is 9.68. The molecule has 0 bridgehead atoms. The molecule has 0 aliphatic carbocycles. The second-order valence-corrected chi connectivity index (χ2v) is 6.43. The van der Waals surface area contributed by atoms with E-state index in [0.29, 0.717) is 12.6 Å². The number of rotatable bonds is 7. The van der Waals surface area contributed by atoms with Crippen molar-refractivity contribution in [3.63, 3.8) is 0 Å². The molecule has 0 atom stereocenters. The van der Waals surface area contributed by atoms with Gasteiger partial charge in [0.15, 0.2) is 0 Å². The molecule has 2 N–H and O–H groups in total. The van der Waals surface area contributed by atoms with Gasteiger partial charge in [-0.1, -0.05) is 18.5 Å². The van der Waals surface area contributed by atoms with Gasteiger partial charge in [0, 0.05) is 13.1 Å². The van der Waals surface area contributed by atoms with E-state index in [-0.39, 0.29) is 24.0 Å². The third-order valence-electron chi connectivity index (χ3n) is 2.57. The first kappa shape index (κ1) is 21.5. The van der Waals surface area contributed by atoms with Crippen molar-refractivity contribution in [3.8, 4) is 0 Å². The van der Waals surface area contributed by atoms with Crippen LogP contribution in [0.25, 0.3) is 0 Å². The molecule has 0 unspecified atom stereocenters. The summed E-state index contributed by atoms with van der Waals surface area (Å²) in [5.41, 5.74) is -1.06. The fourth-order valence-electron chi connectivity index (χ4n) is 1.54. The predicted molar refractivity (Wildman–Crippen MR) is 82.1 cm³/mol. The van der Waals surface area contributed by atoms with Crippen molar-refractivity contribution in [1.82, 2.24) is 10.0 Å². The van der Waals surface area contributed by atoms with E-state index in [1.807, 2.05) is 6.92 Å². The number of hydrogen-bond donors (Lipinski definition) is 2. The third kappa shape index (κ3) is 6.29. The Bertz CT molecular complexity index is 580. The van der Waals surface area contributed by atoms with Crippen LogP contribution in [0.4, 0.5) is 13.2 Å². The number of benzene rings is 1. The molecule has 0 heterocycles. The van der Waals surface area contributed by atoms with Gasteiger partial charge in [0.05, 0.1) is 10.6 Å². The van der Waals surface area contributed by atoms with Crippen molar-refractivity contribution in [1.29, 1.82) is 0 Å². The number of nitrogens with one attached hydrogen (secondary N) is 2. The van der Waals surface area contributed by atoms with E-state index in [4.69, 9.17) is 11.6 Å². The maximum atomic E-state index is 12.6. The molecule has 0 radical (unpaired) electrons. The lowest BCUT2D eigenvalue weighted by atomic mass is 10.2. The Kier molecular flexibility index (Phi) is 8.71. The zero-order chi connectivity index (χ0) is 16.1. The Balaban J connectivity index is 0.00000441. The summed E-state index contributed by atoms with van der Waals surface area (Å²) in [6, 6.07) is 2.20. The average molecular weight is 381 g/mol. The molecule has 1 aromatic carbocycles. The molecule has 0 aliphatic heterocycles. The van der Waals surface area contributed by atoms with Crippen molar-refractivity contribution in [2.45, 2.75) is 24.4 Å². The summed E-state index contributed by atoms with van der Waals surface area (Å²) in [6.07, 6.45) is -3.73. The van der Waals surface area contributed by atoms with Gasteiger partial charge in [-0.05, 0) is 31.2 Å². The molecule has 128 valence electrons. The summed E-state index contributed by atoms with van der Waals surface area (Å²) in [6.45, 7) is 3.13. The molecular formula is C12H17Cl2F3N2O2S. The quantitative estimate of drug-likeness (QED) is 0.714. The summed E-state index contributed by atoms with van der Waals surface area (Å²) in [5, 5.41) is 2.72. The molecule has 0 aromatic heterocycles. The molecule has 0 saturated carbocycles. The summed E-state index contributed by atoms with van der Waals surface area (Å²) in [5.74, 6) is 0. The largest absolute Gasteiger partial charge is 0.416 e. The fraction of sp³-hybridized carbons (Fsp3) is 0.500. The molecule has 10 heteroatoms. The van der Waals surface area contributed by atoms with Crippen molar-refractivity contribution >= 4 is 34.0 Å². The minimum atomic E-state index is -4.63. The van der Waals surface area contributed by atoms with Gasteiger partial charge in [0.1, 0.15) is 4.90 Å². The Morgan fingerprint density at radius 1 is 1.18 bits per heavy atom. The van der Waals surface area contributed by atoms with Gasteiger partial charge >= 0.3 is 6.18 Å². The normalized spacial score (nSPS) is 12.0. The highest BCUT2D eigenvalue weighted by atomic mass is 35.5. The van der Waals surface area contributed by atoms with Crippen LogP contribution in [-0.2, 0) is 16.2 Å². The molecular weight excluding hydrogens is 364 g/mol. The highest BCUT2D eigenvalue weighted by molar-refractivity contribution is 7.89. The van der Waals surface area contributed by atoms with Crippen molar-refractivity contribution in [2.75, 3.05) is 19.6 Å². The van der Waals surface area contributed by atoms with E-state index < -0.39 is 26.7 Å². The van der Waals surface area contributed by atoms with Crippen LogP contribution >= 0.6 is 24.0 Å². The van der Waals surface area contributed by atoms with Gasteiger partial charge in [0.25, 0.3) is 0 Å². The van der Waals surface area contributed by atoms with E-state index >= 15 is 0 Å². The second-order valence-electron chi connectivity index (χ2n) is 4.29. The van der Waals surface area contributed by atoms with E-state index in [1.165, 1.54) is 0 Å². The average Bonchev–Trinajstić information content (AvgIpc) is 2.37. The SMILES string of the molecule is CCCNCCNS(=O)(=O)c1cc(C(F)(F)F)ccc1Cl.Cl. The first-order valence-corrected chi connectivity index (χ1v) is 8.11. The Morgan fingerprint density at radius 3 is 2.36 bits per heavy atom. The van der Waals surface area contributed by atoms with Gasteiger partial charge in [-0.25, -0.2) is 13.1 Å². The topological polar surface area (TPSA) is 58.2 Å². The van der Waals surface area contributed by atoms with Crippen LogP contribution in [0.1, 0.15) is 18.9 Å². The van der Waals surface area contributed by atoms with E-state index in [9.17, 15) is 21.6 Å². The minimum Gasteiger partial charge on any atom is -0.315 e. The maximum absolute atomic E-state index is 12.6. The monoisotopic (exact) mass is 380 g/mol. The smallest absolute Gasteiger partial charge is 0.315 e. The van der Waals surface area contributed by atoms with Crippen LogP contribution in [0.2, 0.25) is 5.02 Å². The molecule has 0 amide bonds. The van der Waals surface area contributed by atoms with Crippen molar-refractivity contribution < 1.29 is 21.6 Å². The molecule has 4 nitrogen and oxygen atoms in total. The van der Waals surface area contributed by atoms with E-state index in [2.05, 4.69) is 10.0 Å². The molecule has 22 heavy (non-hydrogen) atoms. The van der Waals surface area contributed by atoms with Crippen LogP contribution in [-0.4, -0.2) is 28.1 Å². The highest BCUT2D eigenvalue weighted by Crippen LogP contribution is 2.33. The third-order valence-corrected chi connectivity index (χ3v) is 4.51. The van der Waals surface area contributed by atoms with Gasteiger partial charge in [-0.15, -0.1) is 12.4 Å². The van der Waals surface area contributed by atoms with Crippen LogP contribution < -0.4 is 10.0 Å². The van der Waals surface area contributed by atoms with Crippen molar-refractivity contribution in [2.24, 2.45) is 0 Å². The standard InChI is InChI=1S/C12H16ClF3N2O2S.ClH/c1-2-5-17-6-7-18-21(19,20)11-8-9(12(14,15)16)3-4-10(11)13;/h3-4,8,17-18H,2,5-7H2,1H3;1H. The lowest BCUT2D eigenvalue weighted by Gasteiger charge is -2.12. The van der Waals surface area contributed by atoms with Gasteiger partial charge < -0.3 is 5.32 Å². The number of hydrogen-bond acceptors (Lipinski definition) is 3. The molecule has 0 fully saturated rings. The Morgan fingerprint density at radius 2 is 1.82 bits per heavy atom. The number of sulfonamides is 1. The lowest BCUT2D eigenvalue weighted by molar-refractivity contribution is -0.137. The van der Waals surface area contributed by atoms with Crippen LogP contribution in [0.5, 0.6) is 0 Å². The van der Waals surface area contributed by atoms with Crippen molar-refractivity contribution in [3.05, 3.63) is 28.8 Å². The van der Waals surface area contributed by atoms with Gasteiger partial charge in [-0.2, -0.15) is 13.2 Å². The molecule has 0 spiro atoms. The molecule has 0 saturated heterocycles. The fourth-order valence-corrected chi connectivity index (χ4v) is 3.09. The van der Waals surface area contributed by atoms with E-state index in [0.717, 1.165) is 25.1 Å². The van der Waals surface area contributed by atoms with E-state index in [1.54, 1.807) is 0 Å². The van der Waals surface area contributed by atoms with Gasteiger partial charge in [0.2, 0.25) is 10.0 Å². The van der Waals surface area contributed by atoms with Crippen LogP contribution in [0.3, 0.4) is 0 Å². The van der Waals surface area contributed by atoms with Crippen LogP contribution in [0, 0.1) is 0 Å². The number of alkyl halides is 3.